The lowest BCUT2D eigenvalue weighted by molar-refractivity contribution is -0.145. The number of hydrogen-bond donors (Lipinski definition) is 1. The molecule has 0 aromatic heterocycles. The molecule has 0 bridgehead atoms. The van der Waals surface area contributed by atoms with Crippen molar-refractivity contribution in [1.29, 1.82) is 0 Å². The molecule has 0 radical (unpaired) electrons. The van der Waals surface area contributed by atoms with Crippen LogP contribution in [-0.4, -0.2) is 29.8 Å². The van der Waals surface area contributed by atoms with Crippen molar-refractivity contribution in [3.05, 3.63) is 0 Å². The van der Waals surface area contributed by atoms with E-state index < -0.39 is 11.7 Å². The SMILES string of the molecule is CC(C)C[C@H]1C[C@@H]([C@H](CC2CCCCC2)NC(=O)OC(C)(C)C)OC1=O. The van der Waals surface area contributed by atoms with E-state index in [2.05, 4.69) is 19.2 Å². The number of esters is 1. The van der Waals surface area contributed by atoms with Crippen LogP contribution in [0.15, 0.2) is 0 Å². The zero-order chi connectivity index (χ0) is 19.3. The summed E-state index contributed by atoms with van der Waals surface area (Å²) in [5, 5.41) is 3.02. The highest BCUT2D eigenvalue weighted by molar-refractivity contribution is 5.75. The van der Waals surface area contributed by atoms with Gasteiger partial charge in [-0.15, -0.1) is 0 Å². The van der Waals surface area contributed by atoms with E-state index >= 15 is 0 Å². The van der Waals surface area contributed by atoms with Crippen molar-refractivity contribution in [3.8, 4) is 0 Å². The molecule has 2 aliphatic rings. The summed E-state index contributed by atoms with van der Waals surface area (Å²) < 4.78 is 11.1. The molecule has 1 saturated heterocycles. The Balaban J connectivity index is 2.02. The lowest BCUT2D eigenvalue weighted by atomic mass is 9.82. The van der Waals surface area contributed by atoms with Gasteiger partial charge in [-0.2, -0.15) is 0 Å². The van der Waals surface area contributed by atoms with E-state index in [1.807, 2.05) is 20.8 Å². The summed E-state index contributed by atoms with van der Waals surface area (Å²) in [5.74, 6) is 0.895. The first-order valence-electron chi connectivity index (χ1n) is 10.3. The van der Waals surface area contributed by atoms with Crippen LogP contribution in [0, 0.1) is 17.8 Å². The first kappa shape index (κ1) is 21.0. The van der Waals surface area contributed by atoms with Crippen LogP contribution >= 0.6 is 0 Å². The number of rotatable bonds is 6. The van der Waals surface area contributed by atoms with Gasteiger partial charge in [0.2, 0.25) is 0 Å². The Bertz CT molecular complexity index is 477. The van der Waals surface area contributed by atoms with Gasteiger partial charge in [-0.05, 0) is 51.9 Å². The van der Waals surface area contributed by atoms with E-state index in [1.54, 1.807) is 0 Å². The van der Waals surface area contributed by atoms with Crippen molar-refractivity contribution in [2.24, 2.45) is 17.8 Å². The summed E-state index contributed by atoms with van der Waals surface area (Å²) in [7, 11) is 0. The Labute approximate surface area is 158 Å². The lowest BCUT2D eigenvalue weighted by Gasteiger charge is -2.31. The molecule has 0 unspecified atom stereocenters. The zero-order valence-electron chi connectivity index (χ0n) is 17.2. The van der Waals surface area contributed by atoms with Crippen molar-refractivity contribution < 1.29 is 19.1 Å². The van der Waals surface area contributed by atoms with Crippen LogP contribution in [0.2, 0.25) is 0 Å². The lowest BCUT2D eigenvalue weighted by Crippen LogP contribution is -2.46. The van der Waals surface area contributed by atoms with E-state index in [0.717, 1.165) is 12.8 Å². The molecule has 150 valence electrons. The largest absolute Gasteiger partial charge is 0.460 e. The van der Waals surface area contributed by atoms with Gasteiger partial charge in [0.05, 0.1) is 12.0 Å². The highest BCUT2D eigenvalue weighted by Gasteiger charge is 2.40. The van der Waals surface area contributed by atoms with Crippen LogP contribution in [0.3, 0.4) is 0 Å². The maximum atomic E-state index is 12.3. The average Bonchev–Trinajstić information content (AvgIpc) is 2.86. The molecular weight excluding hydrogens is 330 g/mol. The molecule has 1 amide bonds. The first-order chi connectivity index (χ1) is 12.1. The molecule has 1 aliphatic heterocycles. The number of ether oxygens (including phenoxy) is 2. The highest BCUT2D eigenvalue weighted by Crippen LogP contribution is 2.33. The molecule has 5 nitrogen and oxygen atoms in total. The highest BCUT2D eigenvalue weighted by atomic mass is 16.6. The third-order valence-corrected chi connectivity index (χ3v) is 5.34. The molecule has 2 fully saturated rings. The van der Waals surface area contributed by atoms with Crippen LogP contribution in [0.4, 0.5) is 4.79 Å². The number of nitrogens with one attached hydrogen (secondary N) is 1. The summed E-state index contributed by atoms with van der Waals surface area (Å²) in [6.45, 7) is 9.82. The second kappa shape index (κ2) is 9.09. The average molecular weight is 368 g/mol. The maximum Gasteiger partial charge on any atom is 0.408 e. The number of carbonyl (C=O) groups excluding carboxylic acids is 2. The maximum absolute atomic E-state index is 12.3. The molecule has 0 spiro atoms. The third-order valence-electron chi connectivity index (χ3n) is 5.34. The molecule has 1 heterocycles. The van der Waals surface area contributed by atoms with Gasteiger partial charge in [-0.3, -0.25) is 4.79 Å². The quantitative estimate of drug-likeness (QED) is 0.683. The van der Waals surface area contributed by atoms with Gasteiger partial charge in [-0.1, -0.05) is 46.0 Å². The minimum atomic E-state index is -0.536. The summed E-state index contributed by atoms with van der Waals surface area (Å²) in [6, 6.07) is -0.158. The summed E-state index contributed by atoms with van der Waals surface area (Å²) in [6.07, 6.45) is 7.96. The predicted molar refractivity (Wildman–Crippen MR) is 102 cm³/mol. The van der Waals surface area contributed by atoms with Crippen molar-refractivity contribution in [1.82, 2.24) is 5.32 Å². The Morgan fingerprint density at radius 2 is 1.85 bits per heavy atom. The van der Waals surface area contributed by atoms with E-state index in [4.69, 9.17) is 9.47 Å². The summed E-state index contributed by atoms with van der Waals surface area (Å²) in [5.41, 5.74) is -0.536. The molecule has 1 aliphatic carbocycles. The molecule has 1 N–H and O–H groups in total. The summed E-state index contributed by atoms with van der Waals surface area (Å²) in [4.78, 5) is 24.6. The normalized spacial score (nSPS) is 25.8. The minimum Gasteiger partial charge on any atom is -0.460 e. The third kappa shape index (κ3) is 6.81. The molecule has 1 saturated carbocycles. The standard InChI is InChI=1S/C21H37NO4/c1-14(2)11-16-13-18(25-19(16)23)17(12-15-9-7-6-8-10-15)22-20(24)26-21(3,4)5/h14-18H,6-13H2,1-5H3,(H,22,24)/t16-,17-,18-/m0/s1. The Hall–Kier alpha value is -1.26. The second-order valence-corrected chi connectivity index (χ2v) is 9.53. The predicted octanol–water partition coefficient (Wildman–Crippen LogP) is 4.83. The van der Waals surface area contributed by atoms with Crippen LogP contribution in [0.5, 0.6) is 0 Å². The molecule has 0 aromatic rings. The Morgan fingerprint density at radius 1 is 1.19 bits per heavy atom. The van der Waals surface area contributed by atoms with Gasteiger partial charge < -0.3 is 14.8 Å². The van der Waals surface area contributed by atoms with E-state index in [0.29, 0.717) is 18.3 Å². The van der Waals surface area contributed by atoms with Gasteiger partial charge in [-0.25, -0.2) is 4.79 Å². The van der Waals surface area contributed by atoms with Crippen LogP contribution in [0.1, 0.15) is 86.0 Å². The zero-order valence-corrected chi connectivity index (χ0v) is 17.2. The molecule has 0 aromatic carbocycles. The number of carbonyl (C=O) groups is 2. The number of alkyl carbamates (subject to hydrolysis) is 1. The van der Waals surface area contributed by atoms with Crippen LogP contribution in [0.25, 0.3) is 0 Å². The van der Waals surface area contributed by atoms with E-state index in [-0.39, 0.29) is 24.0 Å². The van der Waals surface area contributed by atoms with Gasteiger partial charge in [0.25, 0.3) is 0 Å². The van der Waals surface area contributed by atoms with Crippen molar-refractivity contribution in [2.45, 2.75) is 104 Å². The fourth-order valence-corrected chi connectivity index (χ4v) is 4.22. The van der Waals surface area contributed by atoms with Crippen molar-refractivity contribution >= 4 is 12.1 Å². The fourth-order valence-electron chi connectivity index (χ4n) is 4.22. The van der Waals surface area contributed by atoms with Gasteiger partial charge in [0, 0.05) is 0 Å². The second-order valence-electron chi connectivity index (χ2n) is 9.53. The van der Waals surface area contributed by atoms with Crippen molar-refractivity contribution in [2.75, 3.05) is 0 Å². The van der Waals surface area contributed by atoms with E-state index in [9.17, 15) is 9.59 Å². The molecule has 3 atom stereocenters. The fraction of sp³-hybridized carbons (Fsp3) is 0.905. The topological polar surface area (TPSA) is 64.6 Å². The first-order valence-corrected chi connectivity index (χ1v) is 10.3. The van der Waals surface area contributed by atoms with Gasteiger partial charge in [0.15, 0.2) is 0 Å². The smallest absolute Gasteiger partial charge is 0.408 e. The van der Waals surface area contributed by atoms with Crippen LogP contribution in [-0.2, 0) is 14.3 Å². The molecule has 26 heavy (non-hydrogen) atoms. The van der Waals surface area contributed by atoms with E-state index in [1.165, 1.54) is 32.1 Å². The molecule has 5 heteroatoms. The Morgan fingerprint density at radius 3 is 2.42 bits per heavy atom. The molecule has 2 rings (SSSR count). The molecular formula is C21H37NO4. The van der Waals surface area contributed by atoms with Crippen molar-refractivity contribution in [3.63, 3.8) is 0 Å². The van der Waals surface area contributed by atoms with Gasteiger partial charge in [0.1, 0.15) is 11.7 Å². The monoisotopic (exact) mass is 367 g/mol. The van der Waals surface area contributed by atoms with Crippen LogP contribution < -0.4 is 5.32 Å². The number of hydrogen-bond acceptors (Lipinski definition) is 4. The van der Waals surface area contributed by atoms with Gasteiger partial charge >= 0.3 is 12.1 Å². The number of amides is 1. The summed E-state index contributed by atoms with van der Waals surface area (Å²) >= 11 is 0. The number of cyclic esters (lactones) is 1. The Kier molecular flexibility index (Phi) is 7.36. The minimum absolute atomic E-state index is 0.0470.